The maximum Gasteiger partial charge on any atom is 0.357 e. The van der Waals surface area contributed by atoms with Gasteiger partial charge in [0.1, 0.15) is 10.7 Å². The predicted octanol–water partition coefficient (Wildman–Crippen LogP) is 2.49. The summed E-state index contributed by atoms with van der Waals surface area (Å²) in [5.74, 6) is -0.439. The molecular weight excluding hydrogens is 288 g/mol. The molecule has 0 saturated carbocycles. The second kappa shape index (κ2) is 5.45. The maximum atomic E-state index is 11.6. The van der Waals surface area contributed by atoms with Crippen molar-refractivity contribution in [1.29, 1.82) is 0 Å². The van der Waals surface area contributed by atoms with Gasteiger partial charge in [0.05, 0.1) is 19.0 Å². The van der Waals surface area contributed by atoms with Crippen LogP contribution in [0.5, 0.6) is 0 Å². The lowest BCUT2D eigenvalue weighted by Gasteiger charge is -1.96. The Morgan fingerprint density at radius 1 is 1.29 bits per heavy atom. The molecule has 0 N–H and O–H groups in total. The molecule has 1 aromatic carbocycles. The van der Waals surface area contributed by atoms with Crippen molar-refractivity contribution >= 4 is 17.3 Å². The van der Waals surface area contributed by atoms with Crippen LogP contribution in [0.1, 0.15) is 15.4 Å². The number of carbonyl (C=O) groups is 1. The lowest BCUT2D eigenvalue weighted by molar-refractivity contribution is 0.0594. The van der Waals surface area contributed by atoms with Gasteiger partial charge in [-0.1, -0.05) is 18.2 Å². The largest absolute Gasteiger partial charge is 0.464 e. The van der Waals surface area contributed by atoms with Gasteiger partial charge in [-0.3, -0.25) is 0 Å². The van der Waals surface area contributed by atoms with Gasteiger partial charge in [-0.05, 0) is 19.1 Å². The zero-order valence-corrected chi connectivity index (χ0v) is 12.3. The van der Waals surface area contributed by atoms with E-state index >= 15 is 0 Å². The summed E-state index contributed by atoms with van der Waals surface area (Å²) in [5.41, 5.74) is 1.82. The van der Waals surface area contributed by atoms with E-state index in [0.717, 1.165) is 10.6 Å². The Morgan fingerprint density at radius 2 is 2.05 bits per heavy atom. The molecular formula is C14H12N4O2S. The molecule has 0 fully saturated rings. The first-order valence-corrected chi connectivity index (χ1v) is 7.04. The van der Waals surface area contributed by atoms with Gasteiger partial charge in [0.15, 0.2) is 5.69 Å². The third-order valence-electron chi connectivity index (χ3n) is 2.87. The minimum absolute atomic E-state index is 0.326. The van der Waals surface area contributed by atoms with Crippen molar-refractivity contribution in [2.75, 3.05) is 7.11 Å². The van der Waals surface area contributed by atoms with E-state index in [1.165, 1.54) is 23.2 Å². The van der Waals surface area contributed by atoms with Crippen molar-refractivity contribution in [2.45, 2.75) is 6.92 Å². The van der Waals surface area contributed by atoms with Gasteiger partial charge < -0.3 is 4.74 Å². The number of aryl methyl sites for hydroxylation is 1. The number of methoxy groups -OCH3 is 1. The van der Waals surface area contributed by atoms with Crippen LogP contribution in [0.2, 0.25) is 0 Å². The quantitative estimate of drug-likeness (QED) is 0.695. The zero-order chi connectivity index (χ0) is 14.8. The van der Waals surface area contributed by atoms with Crippen LogP contribution in [-0.2, 0) is 4.74 Å². The number of para-hydroxylation sites is 1. The van der Waals surface area contributed by atoms with Crippen LogP contribution in [0.25, 0.3) is 16.4 Å². The van der Waals surface area contributed by atoms with E-state index in [1.807, 2.05) is 37.3 Å². The Bertz CT molecular complexity index is 779. The molecule has 0 atom stereocenters. The molecule has 3 rings (SSSR count). The van der Waals surface area contributed by atoms with Gasteiger partial charge in [-0.15, -0.1) is 16.4 Å². The van der Waals surface area contributed by atoms with E-state index in [2.05, 4.69) is 15.2 Å². The summed E-state index contributed by atoms with van der Waals surface area (Å²) in [6, 6.07) is 9.59. The maximum absolute atomic E-state index is 11.6. The number of hydrogen-bond donors (Lipinski definition) is 0. The highest BCUT2D eigenvalue weighted by atomic mass is 32.1. The summed E-state index contributed by atoms with van der Waals surface area (Å²) in [4.78, 5) is 18.2. The summed E-state index contributed by atoms with van der Waals surface area (Å²) in [6.45, 7) is 1.83. The average Bonchev–Trinajstić information content (AvgIpc) is 3.14. The van der Waals surface area contributed by atoms with Crippen molar-refractivity contribution in [2.24, 2.45) is 0 Å². The zero-order valence-electron chi connectivity index (χ0n) is 11.5. The van der Waals surface area contributed by atoms with Crippen LogP contribution in [0.3, 0.4) is 0 Å². The third kappa shape index (κ3) is 2.55. The van der Waals surface area contributed by atoms with Crippen molar-refractivity contribution in [3.8, 4) is 16.4 Å². The highest BCUT2D eigenvalue weighted by Crippen LogP contribution is 2.26. The first-order valence-electron chi connectivity index (χ1n) is 6.23. The molecule has 0 radical (unpaired) electrons. The molecule has 0 unspecified atom stereocenters. The van der Waals surface area contributed by atoms with Gasteiger partial charge in [-0.25, -0.2) is 9.78 Å². The van der Waals surface area contributed by atoms with Crippen molar-refractivity contribution in [3.05, 3.63) is 47.1 Å². The summed E-state index contributed by atoms with van der Waals surface area (Å²) in [5, 5.41) is 9.26. The number of aromatic nitrogens is 4. The molecule has 2 heterocycles. The second-order valence-corrected chi connectivity index (χ2v) is 5.47. The van der Waals surface area contributed by atoms with E-state index in [9.17, 15) is 4.79 Å². The first kappa shape index (κ1) is 13.4. The lowest BCUT2D eigenvalue weighted by atomic mass is 10.3. The van der Waals surface area contributed by atoms with Gasteiger partial charge in [0, 0.05) is 4.88 Å². The van der Waals surface area contributed by atoms with Crippen LogP contribution in [-0.4, -0.2) is 33.1 Å². The second-order valence-electron chi connectivity index (χ2n) is 4.27. The van der Waals surface area contributed by atoms with Crippen LogP contribution < -0.4 is 0 Å². The van der Waals surface area contributed by atoms with Gasteiger partial charge in [-0.2, -0.15) is 9.90 Å². The van der Waals surface area contributed by atoms with E-state index in [-0.39, 0.29) is 0 Å². The van der Waals surface area contributed by atoms with Crippen molar-refractivity contribution in [1.82, 2.24) is 20.0 Å². The summed E-state index contributed by atoms with van der Waals surface area (Å²) in [7, 11) is 1.34. The van der Waals surface area contributed by atoms with Gasteiger partial charge in [0.2, 0.25) is 0 Å². The van der Waals surface area contributed by atoms with Gasteiger partial charge >= 0.3 is 5.97 Å². The summed E-state index contributed by atoms with van der Waals surface area (Å²) < 4.78 is 4.70. The molecule has 6 nitrogen and oxygen atoms in total. The van der Waals surface area contributed by atoms with E-state index in [0.29, 0.717) is 16.4 Å². The molecule has 0 saturated heterocycles. The highest BCUT2D eigenvalue weighted by molar-refractivity contribution is 7.15. The van der Waals surface area contributed by atoms with Crippen molar-refractivity contribution < 1.29 is 9.53 Å². The Labute approximate surface area is 125 Å². The number of benzene rings is 1. The molecule has 0 spiro atoms. The average molecular weight is 300 g/mol. The summed E-state index contributed by atoms with van der Waals surface area (Å²) >= 11 is 1.39. The monoisotopic (exact) mass is 300 g/mol. The van der Waals surface area contributed by atoms with Crippen LogP contribution in [0.4, 0.5) is 0 Å². The fraction of sp³-hybridized carbons (Fsp3) is 0.143. The number of ether oxygens (including phenoxy) is 1. The molecule has 7 heteroatoms. The lowest BCUT2D eigenvalue weighted by Crippen LogP contribution is -2.03. The number of hydrogen-bond acceptors (Lipinski definition) is 6. The van der Waals surface area contributed by atoms with Crippen LogP contribution in [0, 0.1) is 6.92 Å². The predicted molar refractivity (Wildman–Crippen MR) is 78.5 cm³/mol. The van der Waals surface area contributed by atoms with E-state index < -0.39 is 5.97 Å². The highest BCUT2D eigenvalue weighted by Gasteiger charge is 2.18. The number of esters is 1. The van der Waals surface area contributed by atoms with Crippen molar-refractivity contribution in [3.63, 3.8) is 0 Å². The molecule has 106 valence electrons. The number of nitrogens with zero attached hydrogens (tertiary/aromatic N) is 4. The Hall–Kier alpha value is -2.54. The summed E-state index contributed by atoms with van der Waals surface area (Å²) in [6.07, 6.45) is 1.63. The molecule has 0 aliphatic carbocycles. The molecule has 0 aliphatic rings. The minimum atomic E-state index is -0.439. The molecule has 0 aliphatic heterocycles. The SMILES string of the molecule is COC(=O)c1nc(-c2cnn(-c3ccccc3)n2)sc1C. The molecule has 2 aromatic heterocycles. The first-order chi connectivity index (χ1) is 10.2. The number of rotatable bonds is 3. The van der Waals surface area contributed by atoms with Gasteiger partial charge in [0.25, 0.3) is 0 Å². The van der Waals surface area contributed by atoms with Crippen LogP contribution >= 0.6 is 11.3 Å². The van der Waals surface area contributed by atoms with E-state index in [1.54, 1.807) is 6.20 Å². The molecule has 0 amide bonds. The fourth-order valence-electron chi connectivity index (χ4n) is 1.84. The Morgan fingerprint density at radius 3 is 2.76 bits per heavy atom. The fourth-order valence-corrected chi connectivity index (χ4v) is 2.69. The third-order valence-corrected chi connectivity index (χ3v) is 3.87. The topological polar surface area (TPSA) is 69.9 Å². The van der Waals surface area contributed by atoms with E-state index in [4.69, 9.17) is 4.74 Å². The Balaban J connectivity index is 1.96. The number of carbonyl (C=O) groups excluding carboxylic acids is 1. The number of thiazole rings is 1. The minimum Gasteiger partial charge on any atom is -0.464 e. The van der Waals surface area contributed by atoms with Crippen LogP contribution in [0.15, 0.2) is 36.5 Å². The molecule has 0 bridgehead atoms. The standard InChI is InChI=1S/C14H12N4O2S/c1-9-12(14(19)20-2)16-13(21-9)11-8-15-18(17-11)10-6-4-3-5-7-10/h3-8H,1-2H3. The molecule has 21 heavy (non-hydrogen) atoms. The normalized spacial score (nSPS) is 10.6. The molecule has 3 aromatic rings. The smallest absolute Gasteiger partial charge is 0.357 e. The Kier molecular flexibility index (Phi) is 3.49.